The summed E-state index contributed by atoms with van der Waals surface area (Å²) < 4.78 is 14.2. The van der Waals surface area contributed by atoms with Crippen LogP contribution in [0, 0.1) is 12.7 Å². The van der Waals surface area contributed by atoms with Crippen LogP contribution in [0.4, 0.5) is 4.39 Å². The Morgan fingerprint density at radius 1 is 1.17 bits per heavy atom. The summed E-state index contributed by atoms with van der Waals surface area (Å²) in [5.74, 6) is -1.12. The lowest BCUT2D eigenvalue weighted by atomic mass is 10.1. The summed E-state index contributed by atoms with van der Waals surface area (Å²) in [6, 6.07) is 11.4. The number of carbonyl (C=O) groups excluding carboxylic acids is 2. The van der Waals surface area contributed by atoms with Crippen LogP contribution in [0.3, 0.4) is 0 Å². The van der Waals surface area contributed by atoms with E-state index in [2.05, 4.69) is 5.32 Å². The van der Waals surface area contributed by atoms with Gasteiger partial charge in [-0.2, -0.15) is 0 Å². The van der Waals surface area contributed by atoms with Gasteiger partial charge in [0.2, 0.25) is 11.8 Å². The molecule has 0 spiro atoms. The highest BCUT2D eigenvalue weighted by Crippen LogP contribution is 2.21. The van der Waals surface area contributed by atoms with Crippen LogP contribution in [0.15, 0.2) is 42.5 Å². The Bertz CT molecular complexity index is 851. The van der Waals surface area contributed by atoms with Crippen molar-refractivity contribution >= 4 is 23.4 Å². The van der Waals surface area contributed by atoms with E-state index in [4.69, 9.17) is 11.6 Å². The summed E-state index contributed by atoms with van der Waals surface area (Å²) in [5.41, 5.74) is 2.10. The molecule has 1 N–H and O–H groups in total. The molecular formula is C23H28ClFN2O2. The van der Waals surface area contributed by atoms with Crippen molar-refractivity contribution in [1.82, 2.24) is 10.2 Å². The lowest BCUT2D eigenvalue weighted by Crippen LogP contribution is -2.50. The Labute approximate surface area is 177 Å². The molecule has 0 radical (unpaired) electrons. The highest BCUT2D eigenvalue weighted by atomic mass is 35.5. The van der Waals surface area contributed by atoms with Gasteiger partial charge in [-0.15, -0.1) is 0 Å². The monoisotopic (exact) mass is 418 g/mol. The van der Waals surface area contributed by atoms with Gasteiger partial charge in [0.15, 0.2) is 0 Å². The number of nitrogens with zero attached hydrogens (tertiary/aromatic N) is 1. The minimum atomic E-state index is -0.706. The summed E-state index contributed by atoms with van der Waals surface area (Å²) in [7, 11) is 0. The average Bonchev–Trinajstić information content (AvgIpc) is 2.68. The molecule has 0 unspecified atom stereocenters. The van der Waals surface area contributed by atoms with Crippen molar-refractivity contribution in [1.29, 1.82) is 0 Å². The van der Waals surface area contributed by atoms with Gasteiger partial charge in [0.25, 0.3) is 0 Å². The second-order valence-corrected chi connectivity index (χ2v) is 7.79. The number of amides is 2. The van der Waals surface area contributed by atoms with E-state index >= 15 is 0 Å². The minimum absolute atomic E-state index is 0.00174. The van der Waals surface area contributed by atoms with Crippen molar-refractivity contribution < 1.29 is 14.0 Å². The van der Waals surface area contributed by atoms with Gasteiger partial charge in [-0.05, 0) is 44.9 Å². The van der Waals surface area contributed by atoms with Gasteiger partial charge in [-0.25, -0.2) is 4.39 Å². The van der Waals surface area contributed by atoms with E-state index in [0.717, 1.165) is 17.5 Å². The maximum absolute atomic E-state index is 14.2. The van der Waals surface area contributed by atoms with Crippen molar-refractivity contribution in [3.8, 4) is 0 Å². The number of hydrogen-bond donors (Lipinski definition) is 1. The molecule has 29 heavy (non-hydrogen) atoms. The first-order valence-electron chi connectivity index (χ1n) is 9.81. The normalized spacial score (nSPS) is 12.9. The molecule has 2 rings (SSSR count). The Hall–Kier alpha value is -2.40. The third kappa shape index (κ3) is 6.29. The number of hydrogen-bond acceptors (Lipinski definition) is 2. The molecule has 0 fully saturated rings. The van der Waals surface area contributed by atoms with Crippen LogP contribution < -0.4 is 5.32 Å². The highest BCUT2D eigenvalue weighted by molar-refractivity contribution is 6.31. The fourth-order valence-corrected chi connectivity index (χ4v) is 3.24. The first-order valence-corrected chi connectivity index (χ1v) is 10.2. The zero-order chi connectivity index (χ0) is 21.6. The fraction of sp³-hybridized carbons (Fsp3) is 0.391. The third-order valence-corrected chi connectivity index (χ3v) is 5.35. The topological polar surface area (TPSA) is 49.4 Å². The molecule has 2 atom stereocenters. The first-order chi connectivity index (χ1) is 13.7. The van der Waals surface area contributed by atoms with Gasteiger partial charge in [-0.3, -0.25) is 9.59 Å². The van der Waals surface area contributed by atoms with Crippen LogP contribution in [0.1, 0.15) is 43.9 Å². The zero-order valence-electron chi connectivity index (χ0n) is 17.3. The van der Waals surface area contributed by atoms with E-state index in [-0.39, 0.29) is 41.4 Å². The number of aryl methyl sites for hydroxylation is 1. The molecule has 0 bridgehead atoms. The fourth-order valence-electron chi connectivity index (χ4n) is 3.01. The quantitative estimate of drug-likeness (QED) is 0.677. The predicted octanol–water partition coefficient (Wildman–Crippen LogP) is 4.66. The summed E-state index contributed by atoms with van der Waals surface area (Å²) in [6.07, 6.45) is 0.577. The molecule has 0 aliphatic heterocycles. The van der Waals surface area contributed by atoms with Crippen molar-refractivity contribution in [3.05, 3.63) is 70.0 Å². The second kappa shape index (κ2) is 10.4. The number of nitrogens with one attached hydrogen (secondary N) is 1. The van der Waals surface area contributed by atoms with Crippen molar-refractivity contribution in [3.63, 3.8) is 0 Å². The Morgan fingerprint density at radius 3 is 2.48 bits per heavy atom. The largest absolute Gasteiger partial charge is 0.352 e. The highest BCUT2D eigenvalue weighted by Gasteiger charge is 2.28. The lowest BCUT2D eigenvalue weighted by molar-refractivity contribution is -0.140. The van der Waals surface area contributed by atoms with E-state index in [1.54, 1.807) is 13.0 Å². The number of carbonyl (C=O) groups is 2. The first kappa shape index (κ1) is 22.9. The maximum atomic E-state index is 14.2. The number of rotatable bonds is 8. The summed E-state index contributed by atoms with van der Waals surface area (Å²) >= 11 is 6.10. The van der Waals surface area contributed by atoms with Crippen LogP contribution in [-0.2, 0) is 22.6 Å². The molecule has 0 saturated heterocycles. The molecule has 4 nitrogen and oxygen atoms in total. The Balaban J connectivity index is 2.29. The van der Waals surface area contributed by atoms with Gasteiger partial charge in [0.1, 0.15) is 11.9 Å². The molecule has 0 aliphatic rings. The average molecular weight is 419 g/mol. The summed E-state index contributed by atoms with van der Waals surface area (Å²) in [5, 5.41) is 3.12. The van der Waals surface area contributed by atoms with Gasteiger partial charge in [0.05, 0.1) is 6.42 Å². The number of halogens is 2. The Morgan fingerprint density at radius 2 is 1.86 bits per heavy atom. The summed E-state index contributed by atoms with van der Waals surface area (Å²) in [6.45, 7) is 7.80. The van der Waals surface area contributed by atoms with Crippen molar-refractivity contribution in [2.24, 2.45) is 0 Å². The van der Waals surface area contributed by atoms with Crippen molar-refractivity contribution in [2.75, 3.05) is 0 Å². The van der Waals surface area contributed by atoms with E-state index in [9.17, 15) is 14.0 Å². The molecular weight excluding hydrogens is 391 g/mol. The van der Waals surface area contributed by atoms with Crippen LogP contribution in [-0.4, -0.2) is 28.8 Å². The molecule has 0 aromatic heterocycles. The molecule has 0 saturated carbocycles. The smallest absolute Gasteiger partial charge is 0.242 e. The lowest BCUT2D eigenvalue weighted by Gasteiger charge is -2.30. The van der Waals surface area contributed by atoms with Gasteiger partial charge < -0.3 is 10.2 Å². The van der Waals surface area contributed by atoms with Gasteiger partial charge in [-0.1, -0.05) is 54.4 Å². The van der Waals surface area contributed by atoms with E-state index in [1.165, 1.54) is 17.0 Å². The minimum Gasteiger partial charge on any atom is -0.352 e. The Kier molecular flexibility index (Phi) is 8.21. The van der Waals surface area contributed by atoms with Crippen molar-refractivity contribution in [2.45, 2.75) is 59.2 Å². The summed E-state index contributed by atoms with van der Waals surface area (Å²) in [4.78, 5) is 27.3. The molecule has 2 amide bonds. The van der Waals surface area contributed by atoms with E-state index in [1.807, 2.05) is 45.0 Å². The SMILES string of the molecule is CC[C@@H](C)NC(=O)[C@H](C)N(Cc1cccc(C)c1)C(=O)Cc1c(F)cccc1Cl. The zero-order valence-corrected chi connectivity index (χ0v) is 18.1. The molecule has 0 aliphatic carbocycles. The van der Waals surface area contributed by atoms with Crippen LogP contribution in [0.25, 0.3) is 0 Å². The molecule has 2 aromatic carbocycles. The second-order valence-electron chi connectivity index (χ2n) is 7.38. The van der Waals surface area contributed by atoms with Gasteiger partial charge in [0, 0.05) is 23.2 Å². The van der Waals surface area contributed by atoms with Crippen LogP contribution >= 0.6 is 11.6 Å². The molecule has 0 heterocycles. The molecule has 2 aromatic rings. The predicted molar refractivity (Wildman–Crippen MR) is 114 cm³/mol. The van der Waals surface area contributed by atoms with E-state index in [0.29, 0.717) is 0 Å². The van der Waals surface area contributed by atoms with E-state index < -0.39 is 11.9 Å². The van der Waals surface area contributed by atoms with Crippen LogP contribution in [0.5, 0.6) is 0 Å². The van der Waals surface area contributed by atoms with Crippen LogP contribution in [0.2, 0.25) is 5.02 Å². The third-order valence-electron chi connectivity index (χ3n) is 4.99. The number of benzene rings is 2. The van der Waals surface area contributed by atoms with Gasteiger partial charge >= 0.3 is 0 Å². The standard InChI is InChI=1S/C23H28ClFN2O2/c1-5-16(3)26-23(29)17(4)27(14-18-9-6-8-15(2)12-18)22(28)13-19-20(24)10-7-11-21(19)25/h6-12,16-17H,5,13-14H2,1-4H3,(H,26,29)/t16-,17+/m1/s1. The maximum Gasteiger partial charge on any atom is 0.242 e. The molecule has 6 heteroatoms. The molecule has 156 valence electrons.